The van der Waals surface area contributed by atoms with E-state index >= 15 is 0 Å². The van der Waals surface area contributed by atoms with Gasteiger partial charge in [-0.05, 0) is 41.8 Å². The monoisotopic (exact) mass is 392 g/mol. The summed E-state index contributed by atoms with van der Waals surface area (Å²) in [6.45, 7) is 3.19. The molecule has 0 N–H and O–H groups in total. The zero-order chi connectivity index (χ0) is 19.5. The van der Waals surface area contributed by atoms with Gasteiger partial charge in [0, 0.05) is 29.5 Å². The van der Waals surface area contributed by atoms with Crippen molar-refractivity contribution in [3.8, 4) is 11.1 Å². The smallest absolute Gasteiger partial charge is 0.249 e. The van der Waals surface area contributed by atoms with E-state index in [4.69, 9.17) is 16.3 Å². The first-order valence-corrected chi connectivity index (χ1v) is 9.61. The summed E-state index contributed by atoms with van der Waals surface area (Å²) in [7, 11) is 0. The number of pyridine rings is 1. The summed E-state index contributed by atoms with van der Waals surface area (Å²) in [5.74, 6) is -0.00581. The van der Waals surface area contributed by atoms with Gasteiger partial charge in [0.05, 0.1) is 12.6 Å². The van der Waals surface area contributed by atoms with Crippen molar-refractivity contribution in [3.05, 3.63) is 88.7 Å². The molecule has 1 aliphatic rings. The van der Waals surface area contributed by atoms with E-state index in [1.807, 2.05) is 41.6 Å². The SMILES string of the molecule is Cc1ccc(CN2C(=O)COCC2c2cncc(-c3ccc(Cl)cc3)c2)cc1. The second-order valence-corrected chi connectivity index (χ2v) is 7.49. The number of rotatable bonds is 4. The van der Waals surface area contributed by atoms with Crippen LogP contribution in [0.15, 0.2) is 67.0 Å². The van der Waals surface area contributed by atoms with Crippen molar-refractivity contribution >= 4 is 17.5 Å². The number of hydrogen-bond donors (Lipinski definition) is 0. The molecule has 1 aromatic heterocycles. The van der Waals surface area contributed by atoms with Gasteiger partial charge >= 0.3 is 0 Å². The number of nitrogens with zero attached hydrogens (tertiary/aromatic N) is 2. The molecule has 1 aliphatic heterocycles. The lowest BCUT2D eigenvalue weighted by Crippen LogP contribution is -2.43. The summed E-state index contributed by atoms with van der Waals surface area (Å²) in [6, 6.07) is 17.8. The highest BCUT2D eigenvalue weighted by molar-refractivity contribution is 6.30. The van der Waals surface area contributed by atoms with Gasteiger partial charge in [-0.15, -0.1) is 0 Å². The summed E-state index contributed by atoms with van der Waals surface area (Å²) in [5.41, 5.74) is 5.29. The number of morpholine rings is 1. The van der Waals surface area contributed by atoms with E-state index in [1.165, 1.54) is 5.56 Å². The van der Waals surface area contributed by atoms with E-state index in [0.29, 0.717) is 18.2 Å². The zero-order valence-electron chi connectivity index (χ0n) is 15.6. The number of halogens is 1. The largest absolute Gasteiger partial charge is 0.369 e. The molecule has 1 atom stereocenters. The van der Waals surface area contributed by atoms with Crippen LogP contribution < -0.4 is 0 Å². The molecule has 4 nitrogen and oxygen atoms in total. The average Bonchev–Trinajstić information content (AvgIpc) is 2.72. The maximum absolute atomic E-state index is 12.6. The quantitative estimate of drug-likeness (QED) is 0.639. The Labute approximate surface area is 169 Å². The highest BCUT2D eigenvalue weighted by Gasteiger charge is 2.30. The molecular formula is C23H21ClN2O2. The minimum absolute atomic E-state index is 0.00581. The minimum atomic E-state index is -0.165. The van der Waals surface area contributed by atoms with E-state index in [-0.39, 0.29) is 18.6 Å². The summed E-state index contributed by atoms with van der Waals surface area (Å²) in [6.07, 6.45) is 3.64. The first kappa shape index (κ1) is 18.7. The molecule has 142 valence electrons. The lowest BCUT2D eigenvalue weighted by atomic mass is 10.0. The van der Waals surface area contributed by atoms with Crippen LogP contribution in [0.1, 0.15) is 22.7 Å². The standard InChI is InChI=1S/C23H21ClN2O2/c1-16-2-4-17(5-3-16)13-26-22(14-28-15-23(26)27)20-10-19(11-25-12-20)18-6-8-21(24)9-7-18/h2-12,22H,13-15H2,1H3. The Bertz CT molecular complexity index is 971. The first-order chi connectivity index (χ1) is 13.6. The van der Waals surface area contributed by atoms with Gasteiger partial charge in [-0.25, -0.2) is 0 Å². The van der Waals surface area contributed by atoms with Crippen LogP contribution in [0.4, 0.5) is 0 Å². The van der Waals surface area contributed by atoms with Gasteiger partial charge in [0.2, 0.25) is 5.91 Å². The fourth-order valence-corrected chi connectivity index (χ4v) is 3.54. The van der Waals surface area contributed by atoms with Gasteiger partial charge in [0.15, 0.2) is 0 Å². The molecule has 2 aromatic carbocycles. The lowest BCUT2D eigenvalue weighted by Gasteiger charge is -2.36. The van der Waals surface area contributed by atoms with Crippen LogP contribution in [-0.4, -0.2) is 29.0 Å². The Hall–Kier alpha value is -2.69. The fraction of sp³-hybridized carbons (Fsp3) is 0.217. The highest BCUT2D eigenvalue weighted by Crippen LogP contribution is 2.29. The molecule has 0 bridgehead atoms. The lowest BCUT2D eigenvalue weighted by molar-refractivity contribution is -0.149. The third-order valence-electron chi connectivity index (χ3n) is 4.99. The molecule has 0 spiro atoms. The predicted octanol–water partition coefficient (Wildman–Crippen LogP) is 4.81. The number of amides is 1. The van der Waals surface area contributed by atoms with Crippen LogP contribution in [0.5, 0.6) is 0 Å². The van der Waals surface area contributed by atoms with Crippen LogP contribution in [0.25, 0.3) is 11.1 Å². The van der Waals surface area contributed by atoms with Crippen molar-refractivity contribution in [1.82, 2.24) is 9.88 Å². The second-order valence-electron chi connectivity index (χ2n) is 7.05. The third-order valence-corrected chi connectivity index (χ3v) is 5.25. The molecule has 1 amide bonds. The van der Waals surface area contributed by atoms with Gasteiger partial charge in [-0.2, -0.15) is 0 Å². The normalized spacial score (nSPS) is 17.0. The molecule has 28 heavy (non-hydrogen) atoms. The van der Waals surface area contributed by atoms with Gasteiger partial charge in [-0.3, -0.25) is 9.78 Å². The van der Waals surface area contributed by atoms with Crippen LogP contribution in [0, 0.1) is 6.92 Å². The number of aryl methyl sites for hydroxylation is 1. The number of ether oxygens (including phenoxy) is 1. The molecule has 1 fully saturated rings. The Morgan fingerprint density at radius 3 is 2.57 bits per heavy atom. The molecule has 4 rings (SSSR count). The maximum atomic E-state index is 12.6. The zero-order valence-corrected chi connectivity index (χ0v) is 16.4. The molecular weight excluding hydrogens is 372 g/mol. The van der Waals surface area contributed by atoms with Crippen LogP contribution in [0.3, 0.4) is 0 Å². The van der Waals surface area contributed by atoms with Crippen molar-refractivity contribution < 1.29 is 9.53 Å². The molecule has 0 radical (unpaired) electrons. The van der Waals surface area contributed by atoms with Crippen LogP contribution in [-0.2, 0) is 16.1 Å². The van der Waals surface area contributed by atoms with Crippen molar-refractivity contribution in [3.63, 3.8) is 0 Å². The molecule has 3 aromatic rings. The van der Waals surface area contributed by atoms with Gasteiger partial charge in [0.1, 0.15) is 6.61 Å². The van der Waals surface area contributed by atoms with Crippen LogP contribution >= 0.6 is 11.6 Å². The summed E-state index contributed by atoms with van der Waals surface area (Å²) >= 11 is 6.00. The molecule has 1 saturated heterocycles. The summed E-state index contributed by atoms with van der Waals surface area (Å²) in [5, 5.41) is 0.698. The highest BCUT2D eigenvalue weighted by atomic mass is 35.5. The maximum Gasteiger partial charge on any atom is 0.249 e. The van der Waals surface area contributed by atoms with E-state index in [9.17, 15) is 4.79 Å². The first-order valence-electron chi connectivity index (χ1n) is 9.24. The van der Waals surface area contributed by atoms with Crippen molar-refractivity contribution in [2.45, 2.75) is 19.5 Å². The third kappa shape index (κ3) is 4.08. The summed E-state index contributed by atoms with van der Waals surface area (Å²) in [4.78, 5) is 18.9. The average molecular weight is 393 g/mol. The van der Waals surface area contributed by atoms with E-state index < -0.39 is 0 Å². The van der Waals surface area contributed by atoms with E-state index in [1.54, 1.807) is 0 Å². The molecule has 5 heteroatoms. The molecule has 0 saturated carbocycles. The minimum Gasteiger partial charge on any atom is -0.369 e. The number of hydrogen-bond acceptors (Lipinski definition) is 3. The predicted molar refractivity (Wildman–Crippen MR) is 110 cm³/mol. The van der Waals surface area contributed by atoms with Crippen LogP contribution in [0.2, 0.25) is 5.02 Å². The molecule has 1 unspecified atom stereocenters. The number of carbonyl (C=O) groups excluding carboxylic acids is 1. The fourth-order valence-electron chi connectivity index (χ4n) is 3.41. The Balaban J connectivity index is 1.63. The van der Waals surface area contributed by atoms with Crippen molar-refractivity contribution in [2.24, 2.45) is 0 Å². The van der Waals surface area contributed by atoms with Gasteiger partial charge in [0.25, 0.3) is 0 Å². The van der Waals surface area contributed by atoms with E-state index in [2.05, 4.69) is 42.2 Å². The number of aromatic nitrogens is 1. The number of benzene rings is 2. The second kappa shape index (κ2) is 8.13. The van der Waals surface area contributed by atoms with Crippen molar-refractivity contribution in [2.75, 3.05) is 13.2 Å². The Morgan fingerprint density at radius 1 is 1.07 bits per heavy atom. The Morgan fingerprint density at radius 2 is 1.82 bits per heavy atom. The van der Waals surface area contributed by atoms with Gasteiger partial charge in [-0.1, -0.05) is 53.6 Å². The topological polar surface area (TPSA) is 42.4 Å². The van der Waals surface area contributed by atoms with E-state index in [0.717, 1.165) is 22.3 Å². The van der Waals surface area contributed by atoms with Gasteiger partial charge < -0.3 is 9.64 Å². The molecule has 0 aliphatic carbocycles. The Kier molecular flexibility index (Phi) is 5.42. The summed E-state index contributed by atoms with van der Waals surface area (Å²) < 4.78 is 5.56. The molecule has 2 heterocycles. The van der Waals surface area contributed by atoms with Crippen molar-refractivity contribution in [1.29, 1.82) is 0 Å². The number of carbonyl (C=O) groups is 1.